The van der Waals surface area contributed by atoms with Gasteiger partial charge in [0.2, 0.25) is 0 Å². The third-order valence-corrected chi connectivity index (χ3v) is 3.85. The second-order valence-electron chi connectivity index (χ2n) is 4.84. The van der Waals surface area contributed by atoms with Crippen molar-refractivity contribution in [2.45, 2.75) is 24.9 Å². The Bertz CT molecular complexity index is 626. The molecule has 4 rings (SSSR count). The second kappa shape index (κ2) is 3.48. The molecule has 0 fully saturated rings. The van der Waals surface area contributed by atoms with Crippen LogP contribution in [0.1, 0.15) is 34.0 Å². The van der Waals surface area contributed by atoms with Gasteiger partial charge in [-0.3, -0.25) is 4.79 Å². The smallest absolute Gasteiger partial charge is 0.180 e. The van der Waals surface area contributed by atoms with Crippen LogP contribution < -0.4 is 4.74 Å². The van der Waals surface area contributed by atoms with Crippen LogP contribution in [0.3, 0.4) is 0 Å². The molecule has 90 valence electrons. The molecule has 2 atom stereocenters. The van der Waals surface area contributed by atoms with Gasteiger partial charge < -0.3 is 9.15 Å². The topological polar surface area (TPSA) is 39.4 Å². The van der Waals surface area contributed by atoms with Crippen LogP contribution in [0.2, 0.25) is 0 Å². The molecule has 2 aromatic rings. The van der Waals surface area contributed by atoms with E-state index in [2.05, 4.69) is 0 Å². The van der Waals surface area contributed by atoms with Crippen LogP contribution in [-0.2, 0) is 6.42 Å². The number of ether oxygens (including phenoxy) is 1. The average molecular weight is 240 g/mol. The lowest BCUT2D eigenvalue weighted by molar-refractivity contribution is 0.0713. The fraction of sp³-hybridized carbons (Fsp3) is 0.267. The number of ketones is 1. The summed E-state index contributed by atoms with van der Waals surface area (Å²) < 4.78 is 11.5. The van der Waals surface area contributed by atoms with Crippen molar-refractivity contribution < 1.29 is 13.9 Å². The van der Waals surface area contributed by atoms with Crippen LogP contribution in [0, 0.1) is 0 Å². The molecule has 2 aliphatic rings. The van der Waals surface area contributed by atoms with Gasteiger partial charge >= 0.3 is 0 Å². The molecule has 0 amide bonds. The summed E-state index contributed by atoms with van der Waals surface area (Å²) in [5.41, 5.74) is 1.82. The van der Waals surface area contributed by atoms with Crippen LogP contribution in [-0.4, -0.2) is 11.9 Å². The maximum Gasteiger partial charge on any atom is 0.180 e. The van der Waals surface area contributed by atoms with E-state index >= 15 is 0 Å². The molecular weight excluding hydrogens is 228 g/mol. The van der Waals surface area contributed by atoms with E-state index in [1.165, 1.54) is 0 Å². The fourth-order valence-electron chi connectivity index (χ4n) is 2.98. The maximum absolute atomic E-state index is 12.6. The van der Waals surface area contributed by atoms with E-state index in [0.29, 0.717) is 11.3 Å². The number of fused-ring (bicyclic) bond motifs is 4. The number of hydrogen-bond donors (Lipinski definition) is 0. The minimum absolute atomic E-state index is 0.0777. The van der Waals surface area contributed by atoms with Gasteiger partial charge in [-0.25, -0.2) is 0 Å². The quantitative estimate of drug-likeness (QED) is 0.710. The highest BCUT2D eigenvalue weighted by molar-refractivity contribution is 6.04. The maximum atomic E-state index is 12.6. The number of carbonyl (C=O) groups is 1. The first-order valence-corrected chi connectivity index (χ1v) is 6.21. The first kappa shape index (κ1) is 9.95. The van der Waals surface area contributed by atoms with Gasteiger partial charge in [0.25, 0.3) is 0 Å². The van der Waals surface area contributed by atoms with E-state index in [-0.39, 0.29) is 17.8 Å². The normalized spacial score (nSPS) is 24.8. The van der Waals surface area contributed by atoms with E-state index < -0.39 is 0 Å². The van der Waals surface area contributed by atoms with Gasteiger partial charge in [-0.2, -0.15) is 0 Å². The SMILES string of the molecule is O=C1c2ccccc2O[C@H]2CCc3ccoc3[C@@H]12. The largest absolute Gasteiger partial charge is 0.488 e. The summed E-state index contributed by atoms with van der Waals surface area (Å²) in [7, 11) is 0. The van der Waals surface area contributed by atoms with Crippen molar-refractivity contribution in [2.75, 3.05) is 0 Å². The first-order chi connectivity index (χ1) is 8.84. The van der Waals surface area contributed by atoms with E-state index in [4.69, 9.17) is 9.15 Å². The number of hydrogen-bond acceptors (Lipinski definition) is 3. The Hall–Kier alpha value is -2.03. The van der Waals surface area contributed by atoms with Gasteiger partial charge in [0.15, 0.2) is 5.78 Å². The molecule has 0 spiro atoms. The van der Waals surface area contributed by atoms with E-state index in [1.54, 1.807) is 6.26 Å². The average Bonchev–Trinajstić information content (AvgIpc) is 2.87. The number of Topliss-reactive ketones (excluding diaryl/α,β-unsaturated/α-hetero) is 1. The number of aryl methyl sites for hydroxylation is 1. The molecule has 1 aromatic carbocycles. The van der Waals surface area contributed by atoms with Gasteiger partial charge in [-0.1, -0.05) is 12.1 Å². The van der Waals surface area contributed by atoms with Crippen LogP contribution >= 0.6 is 0 Å². The highest BCUT2D eigenvalue weighted by atomic mass is 16.5. The van der Waals surface area contributed by atoms with E-state index in [1.807, 2.05) is 30.3 Å². The lowest BCUT2D eigenvalue weighted by Crippen LogP contribution is -2.38. The molecule has 1 aliphatic carbocycles. The molecular formula is C15H12O3. The molecule has 0 radical (unpaired) electrons. The summed E-state index contributed by atoms with van der Waals surface area (Å²) >= 11 is 0. The first-order valence-electron chi connectivity index (χ1n) is 6.21. The Balaban J connectivity index is 1.87. The fourth-order valence-corrected chi connectivity index (χ4v) is 2.98. The minimum Gasteiger partial charge on any atom is -0.488 e. The predicted octanol–water partition coefficient (Wildman–Crippen LogP) is 2.95. The van der Waals surface area contributed by atoms with E-state index in [9.17, 15) is 4.79 Å². The van der Waals surface area contributed by atoms with Gasteiger partial charge in [0, 0.05) is 0 Å². The minimum atomic E-state index is -0.265. The molecule has 0 unspecified atom stereocenters. The zero-order valence-corrected chi connectivity index (χ0v) is 9.76. The summed E-state index contributed by atoms with van der Waals surface area (Å²) in [4.78, 5) is 12.6. The van der Waals surface area contributed by atoms with Crippen molar-refractivity contribution in [1.82, 2.24) is 0 Å². The van der Waals surface area contributed by atoms with Gasteiger partial charge in [-0.05, 0) is 36.6 Å². The Morgan fingerprint density at radius 2 is 2.06 bits per heavy atom. The molecule has 0 saturated carbocycles. The summed E-state index contributed by atoms with van der Waals surface area (Å²) in [6.45, 7) is 0. The van der Waals surface area contributed by atoms with Crippen molar-refractivity contribution in [3.05, 3.63) is 53.5 Å². The Morgan fingerprint density at radius 3 is 3.00 bits per heavy atom. The zero-order chi connectivity index (χ0) is 12.1. The summed E-state index contributed by atoms with van der Waals surface area (Å²) in [5, 5.41) is 0. The van der Waals surface area contributed by atoms with Gasteiger partial charge in [-0.15, -0.1) is 0 Å². The highest BCUT2D eigenvalue weighted by Gasteiger charge is 2.43. The standard InChI is InChI=1S/C15H12O3/c16-14-10-3-1-2-4-11(10)18-12-6-5-9-7-8-17-15(9)13(12)14/h1-4,7-8,12-13H,5-6H2/t12-,13+/m0/s1. The number of carbonyl (C=O) groups excluding carboxylic acids is 1. The molecule has 3 heteroatoms. The Labute approximate surface area is 104 Å². The zero-order valence-electron chi connectivity index (χ0n) is 9.76. The predicted molar refractivity (Wildman–Crippen MR) is 65.0 cm³/mol. The number of benzene rings is 1. The second-order valence-corrected chi connectivity index (χ2v) is 4.84. The highest BCUT2D eigenvalue weighted by Crippen LogP contribution is 2.42. The molecule has 1 aromatic heterocycles. The number of furan rings is 1. The van der Waals surface area contributed by atoms with Crippen molar-refractivity contribution in [2.24, 2.45) is 0 Å². The molecule has 0 saturated heterocycles. The van der Waals surface area contributed by atoms with Crippen LogP contribution in [0.5, 0.6) is 5.75 Å². The van der Waals surface area contributed by atoms with Gasteiger partial charge in [0.05, 0.1) is 11.8 Å². The van der Waals surface area contributed by atoms with Crippen molar-refractivity contribution in [1.29, 1.82) is 0 Å². The number of para-hydroxylation sites is 1. The third-order valence-electron chi connectivity index (χ3n) is 3.85. The molecule has 0 N–H and O–H groups in total. The van der Waals surface area contributed by atoms with Crippen LogP contribution in [0.25, 0.3) is 0 Å². The summed E-state index contributed by atoms with van der Waals surface area (Å²) in [5.74, 6) is 1.36. The third kappa shape index (κ3) is 1.22. The van der Waals surface area contributed by atoms with E-state index in [0.717, 1.165) is 24.2 Å². The lowest BCUT2D eigenvalue weighted by Gasteiger charge is -2.34. The molecule has 0 bridgehead atoms. The monoisotopic (exact) mass is 240 g/mol. The Morgan fingerprint density at radius 1 is 1.17 bits per heavy atom. The van der Waals surface area contributed by atoms with Crippen LogP contribution in [0.15, 0.2) is 41.0 Å². The molecule has 18 heavy (non-hydrogen) atoms. The van der Waals surface area contributed by atoms with Crippen LogP contribution in [0.4, 0.5) is 0 Å². The number of rotatable bonds is 0. The molecule has 2 heterocycles. The van der Waals surface area contributed by atoms with Crippen molar-refractivity contribution in [3.63, 3.8) is 0 Å². The van der Waals surface area contributed by atoms with Crippen molar-refractivity contribution >= 4 is 5.78 Å². The summed E-state index contributed by atoms with van der Waals surface area (Å²) in [6.07, 6.45) is 3.38. The molecule has 1 aliphatic heterocycles. The van der Waals surface area contributed by atoms with Crippen molar-refractivity contribution in [3.8, 4) is 5.75 Å². The molecule has 3 nitrogen and oxygen atoms in total. The van der Waals surface area contributed by atoms with Gasteiger partial charge in [0.1, 0.15) is 23.5 Å². The lowest BCUT2D eigenvalue weighted by atomic mass is 9.79. The Kier molecular flexibility index (Phi) is 1.92. The summed E-state index contributed by atoms with van der Waals surface area (Å²) in [6, 6.07) is 9.41.